The number of aryl methyl sites for hydroxylation is 1. The number of rotatable bonds is 3. The van der Waals surface area contributed by atoms with Gasteiger partial charge >= 0.3 is 0 Å². The van der Waals surface area contributed by atoms with E-state index in [0.29, 0.717) is 17.4 Å². The van der Waals surface area contributed by atoms with Crippen LogP contribution in [-0.4, -0.2) is 15.1 Å². The van der Waals surface area contributed by atoms with Crippen molar-refractivity contribution in [3.63, 3.8) is 0 Å². The molecule has 2 heterocycles. The van der Waals surface area contributed by atoms with Gasteiger partial charge in [-0.1, -0.05) is 18.1 Å². The Morgan fingerprint density at radius 3 is 2.88 bits per heavy atom. The fourth-order valence-electron chi connectivity index (χ4n) is 1.31. The Bertz CT molecular complexity index is 484. The summed E-state index contributed by atoms with van der Waals surface area (Å²) in [6.07, 6.45) is 0.766. The van der Waals surface area contributed by atoms with E-state index < -0.39 is 0 Å². The molecule has 0 aliphatic heterocycles. The summed E-state index contributed by atoms with van der Waals surface area (Å²) in [5.74, 6) is 0.931. The monoisotopic (exact) mass is 237 g/mol. The number of halogens is 1. The zero-order valence-electron chi connectivity index (χ0n) is 9.14. The highest BCUT2D eigenvalue weighted by Gasteiger charge is 2.15. The summed E-state index contributed by atoms with van der Waals surface area (Å²) < 4.78 is 5.12. The molecule has 0 spiro atoms. The molecule has 0 bridgehead atoms. The molecule has 0 aliphatic carbocycles. The summed E-state index contributed by atoms with van der Waals surface area (Å²) in [6, 6.07) is 5.65. The second kappa shape index (κ2) is 4.61. The number of nitrogens with zero attached hydrogens (tertiary/aromatic N) is 3. The van der Waals surface area contributed by atoms with Crippen LogP contribution in [0.25, 0.3) is 11.6 Å². The van der Waals surface area contributed by atoms with Gasteiger partial charge in [0.25, 0.3) is 5.89 Å². The third-order valence-electron chi connectivity index (χ3n) is 2.19. The van der Waals surface area contributed by atoms with E-state index in [4.69, 9.17) is 16.1 Å². The van der Waals surface area contributed by atoms with Gasteiger partial charge in [0.2, 0.25) is 0 Å². The molecule has 1 atom stereocenters. The molecule has 0 aromatic carbocycles. The number of hydrogen-bond acceptors (Lipinski definition) is 4. The average molecular weight is 238 g/mol. The van der Waals surface area contributed by atoms with Crippen LogP contribution in [0.1, 0.15) is 30.2 Å². The van der Waals surface area contributed by atoms with Gasteiger partial charge in [-0.2, -0.15) is 4.98 Å². The Kier molecular flexibility index (Phi) is 3.19. The van der Waals surface area contributed by atoms with Gasteiger partial charge in [-0.05, 0) is 25.5 Å². The van der Waals surface area contributed by atoms with Crippen LogP contribution in [0.2, 0.25) is 0 Å². The third-order valence-corrected chi connectivity index (χ3v) is 2.69. The van der Waals surface area contributed by atoms with Crippen molar-refractivity contribution in [2.45, 2.75) is 25.6 Å². The Hall–Kier alpha value is -1.42. The molecule has 2 aromatic heterocycles. The minimum absolute atomic E-state index is 0.206. The van der Waals surface area contributed by atoms with Gasteiger partial charge in [-0.25, -0.2) is 4.98 Å². The quantitative estimate of drug-likeness (QED) is 0.770. The minimum atomic E-state index is -0.206. The van der Waals surface area contributed by atoms with E-state index in [1.807, 2.05) is 32.0 Å². The van der Waals surface area contributed by atoms with E-state index in [0.717, 1.165) is 12.1 Å². The van der Waals surface area contributed by atoms with Gasteiger partial charge in [0, 0.05) is 5.69 Å². The Morgan fingerprint density at radius 1 is 1.38 bits per heavy atom. The van der Waals surface area contributed by atoms with Crippen LogP contribution >= 0.6 is 11.6 Å². The predicted octanol–water partition coefficient (Wildman–Crippen LogP) is 3.13. The lowest BCUT2D eigenvalue weighted by Crippen LogP contribution is -1.91. The van der Waals surface area contributed by atoms with E-state index in [1.54, 1.807) is 0 Å². The average Bonchev–Trinajstić information content (AvgIpc) is 2.77. The molecule has 84 valence electrons. The van der Waals surface area contributed by atoms with E-state index in [9.17, 15) is 0 Å². The highest BCUT2D eigenvalue weighted by Crippen LogP contribution is 2.23. The van der Waals surface area contributed by atoms with Gasteiger partial charge < -0.3 is 4.52 Å². The second-order valence-corrected chi connectivity index (χ2v) is 4.02. The van der Waals surface area contributed by atoms with E-state index >= 15 is 0 Å². The van der Waals surface area contributed by atoms with Crippen molar-refractivity contribution < 1.29 is 4.52 Å². The van der Waals surface area contributed by atoms with Crippen LogP contribution in [0.5, 0.6) is 0 Å². The molecule has 0 fully saturated rings. The first-order valence-electron chi connectivity index (χ1n) is 5.12. The minimum Gasteiger partial charge on any atom is -0.332 e. The summed E-state index contributed by atoms with van der Waals surface area (Å²) in [7, 11) is 0. The summed E-state index contributed by atoms with van der Waals surface area (Å²) in [4.78, 5) is 8.52. The summed E-state index contributed by atoms with van der Waals surface area (Å²) in [6.45, 7) is 3.88. The van der Waals surface area contributed by atoms with Crippen molar-refractivity contribution >= 4 is 11.6 Å². The number of hydrogen-bond donors (Lipinski definition) is 0. The molecular weight excluding hydrogens is 226 g/mol. The molecular formula is C11H12ClN3O. The van der Waals surface area contributed by atoms with Crippen LogP contribution in [0.15, 0.2) is 22.7 Å². The van der Waals surface area contributed by atoms with Crippen LogP contribution in [0.3, 0.4) is 0 Å². The fourth-order valence-corrected chi connectivity index (χ4v) is 1.40. The SMILES string of the molecule is CCC(Cl)c1noc(-c2cccc(C)n2)n1. The lowest BCUT2D eigenvalue weighted by molar-refractivity contribution is 0.420. The summed E-state index contributed by atoms with van der Waals surface area (Å²) in [5.41, 5.74) is 1.59. The van der Waals surface area contributed by atoms with Crippen molar-refractivity contribution in [2.24, 2.45) is 0 Å². The highest BCUT2D eigenvalue weighted by atomic mass is 35.5. The van der Waals surface area contributed by atoms with Gasteiger partial charge in [0.1, 0.15) is 5.69 Å². The van der Waals surface area contributed by atoms with Crippen LogP contribution in [0, 0.1) is 6.92 Å². The van der Waals surface area contributed by atoms with Crippen LogP contribution in [0.4, 0.5) is 0 Å². The molecule has 5 heteroatoms. The molecule has 0 saturated carbocycles. The molecule has 16 heavy (non-hydrogen) atoms. The van der Waals surface area contributed by atoms with Gasteiger partial charge in [0.15, 0.2) is 5.82 Å². The normalized spacial score (nSPS) is 12.7. The lowest BCUT2D eigenvalue weighted by Gasteiger charge is -1.96. The predicted molar refractivity (Wildman–Crippen MR) is 61.2 cm³/mol. The smallest absolute Gasteiger partial charge is 0.276 e. The molecule has 0 aliphatic rings. The Balaban J connectivity index is 2.31. The molecule has 2 aromatic rings. The lowest BCUT2D eigenvalue weighted by atomic mass is 10.3. The van der Waals surface area contributed by atoms with Crippen LogP contribution in [-0.2, 0) is 0 Å². The van der Waals surface area contributed by atoms with E-state index in [-0.39, 0.29) is 5.38 Å². The van der Waals surface area contributed by atoms with E-state index in [2.05, 4.69) is 15.1 Å². The first-order chi connectivity index (χ1) is 7.70. The Morgan fingerprint density at radius 2 is 2.19 bits per heavy atom. The Labute approximate surface area is 98.7 Å². The molecule has 4 nitrogen and oxygen atoms in total. The molecule has 1 unspecified atom stereocenters. The number of alkyl halides is 1. The molecule has 0 amide bonds. The van der Waals surface area contributed by atoms with Crippen molar-refractivity contribution in [3.05, 3.63) is 29.7 Å². The maximum Gasteiger partial charge on any atom is 0.276 e. The summed E-state index contributed by atoms with van der Waals surface area (Å²) >= 11 is 6.02. The topological polar surface area (TPSA) is 51.8 Å². The molecule has 2 rings (SSSR count). The van der Waals surface area contributed by atoms with Gasteiger partial charge in [-0.15, -0.1) is 11.6 Å². The number of aromatic nitrogens is 3. The van der Waals surface area contributed by atoms with Crippen molar-refractivity contribution in [2.75, 3.05) is 0 Å². The van der Waals surface area contributed by atoms with E-state index in [1.165, 1.54) is 0 Å². The van der Waals surface area contributed by atoms with Crippen molar-refractivity contribution in [1.82, 2.24) is 15.1 Å². The summed E-state index contributed by atoms with van der Waals surface area (Å²) in [5, 5.41) is 3.63. The van der Waals surface area contributed by atoms with Crippen molar-refractivity contribution in [3.8, 4) is 11.6 Å². The maximum atomic E-state index is 6.02. The van der Waals surface area contributed by atoms with Crippen LogP contribution < -0.4 is 0 Å². The fraction of sp³-hybridized carbons (Fsp3) is 0.364. The highest BCUT2D eigenvalue weighted by molar-refractivity contribution is 6.20. The maximum absolute atomic E-state index is 6.02. The van der Waals surface area contributed by atoms with Gasteiger partial charge in [0.05, 0.1) is 5.38 Å². The molecule has 0 saturated heterocycles. The van der Waals surface area contributed by atoms with Gasteiger partial charge in [-0.3, -0.25) is 0 Å². The standard InChI is InChI=1S/C11H12ClN3O/c1-3-8(12)10-14-11(16-15-10)9-6-4-5-7(2)13-9/h4-6,8H,3H2,1-2H3. The first-order valence-corrected chi connectivity index (χ1v) is 5.56. The second-order valence-electron chi connectivity index (χ2n) is 3.50. The molecule has 0 radical (unpaired) electrons. The molecule has 0 N–H and O–H groups in total. The number of pyridine rings is 1. The van der Waals surface area contributed by atoms with Crippen molar-refractivity contribution in [1.29, 1.82) is 0 Å². The largest absolute Gasteiger partial charge is 0.332 e. The first kappa shape index (κ1) is 11.1. The zero-order chi connectivity index (χ0) is 11.5. The zero-order valence-corrected chi connectivity index (χ0v) is 9.90. The third kappa shape index (κ3) is 2.22.